The third kappa shape index (κ3) is 8.66. The average molecular weight is 442 g/mol. The van der Waals surface area contributed by atoms with E-state index in [1.54, 1.807) is 12.2 Å². The minimum absolute atomic E-state index is 0.0771. The van der Waals surface area contributed by atoms with Crippen molar-refractivity contribution in [1.29, 1.82) is 0 Å². The molecule has 6 nitrogen and oxygen atoms in total. The molecule has 0 fully saturated rings. The summed E-state index contributed by atoms with van der Waals surface area (Å²) in [6.45, 7) is 7.76. The Kier molecular flexibility index (Phi) is 11.9. The van der Waals surface area contributed by atoms with E-state index in [-0.39, 0.29) is 29.1 Å². The summed E-state index contributed by atoms with van der Waals surface area (Å²) in [5.74, 6) is 6.07. The van der Waals surface area contributed by atoms with Crippen molar-refractivity contribution in [1.82, 2.24) is 9.99 Å². The van der Waals surface area contributed by atoms with Crippen LogP contribution in [-0.2, 0) is 0 Å². The maximum absolute atomic E-state index is 13.3. The molecule has 1 heterocycles. The Hall–Kier alpha value is -3.73. The van der Waals surface area contributed by atoms with Crippen LogP contribution < -0.4 is 17.4 Å². The first kappa shape index (κ1) is 27.3. The molecule has 0 radical (unpaired) electrons. The minimum atomic E-state index is -1.54. The van der Waals surface area contributed by atoms with E-state index in [4.69, 9.17) is 17.4 Å². The van der Waals surface area contributed by atoms with E-state index in [0.717, 1.165) is 24.1 Å². The van der Waals surface area contributed by atoms with Crippen LogP contribution in [0.25, 0.3) is 11.1 Å². The molecular weight excluding hydrogens is 419 g/mol. The highest BCUT2D eigenvalue weighted by atomic mass is 19.2. The third-order valence-electron chi connectivity index (χ3n) is 3.25. The number of hydrazone groups is 1. The van der Waals surface area contributed by atoms with Crippen molar-refractivity contribution in [3.05, 3.63) is 84.9 Å². The number of benzene rings is 1. The lowest BCUT2D eigenvalue weighted by Crippen LogP contribution is -2.35. The number of hydrogen-bond acceptors (Lipinski definition) is 5. The normalized spacial score (nSPS) is 10.8. The molecule has 1 aromatic heterocycles. The molecule has 11 heteroatoms. The number of hydrazine groups is 1. The number of amidine groups is 1. The Morgan fingerprint density at radius 3 is 1.94 bits per heavy atom. The highest BCUT2D eigenvalue weighted by Gasteiger charge is 2.16. The number of aromatic nitrogens is 1. The number of hydrogen-bond donors (Lipinski definition) is 3. The molecule has 31 heavy (non-hydrogen) atoms. The van der Waals surface area contributed by atoms with Gasteiger partial charge in [-0.15, -0.1) is 0 Å². The molecule has 0 saturated heterocycles. The van der Waals surface area contributed by atoms with Crippen LogP contribution in [-0.4, -0.2) is 22.9 Å². The van der Waals surface area contributed by atoms with Gasteiger partial charge in [0.15, 0.2) is 23.3 Å². The molecule has 0 unspecified atom stereocenters. The van der Waals surface area contributed by atoms with Crippen LogP contribution in [0, 0.1) is 17.5 Å². The predicted octanol–water partition coefficient (Wildman–Crippen LogP) is 4.32. The summed E-state index contributed by atoms with van der Waals surface area (Å²) < 4.78 is 61.2. The van der Waals surface area contributed by atoms with E-state index in [9.17, 15) is 22.0 Å². The molecule has 0 bridgehead atoms. The Bertz CT molecular complexity index is 924. The fourth-order valence-corrected chi connectivity index (χ4v) is 1.89. The van der Waals surface area contributed by atoms with E-state index in [2.05, 4.69) is 23.2 Å². The molecule has 2 rings (SSSR count). The van der Waals surface area contributed by atoms with Crippen molar-refractivity contribution in [3.8, 4) is 11.1 Å². The first-order valence-corrected chi connectivity index (χ1v) is 8.36. The fraction of sp³-hybridized carbons (Fsp3) is 0.100. The van der Waals surface area contributed by atoms with Gasteiger partial charge in [-0.1, -0.05) is 25.3 Å². The Morgan fingerprint density at radius 1 is 1.10 bits per heavy atom. The molecule has 1 aromatic carbocycles. The molecule has 0 spiro atoms. The lowest BCUT2D eigenvalue weighted by atomic mass is 10.0. The van der Waals surface area contributed by atoms with Crippen molar-refractivity contribution in [2.24, 2.45) is 16.8 Å². The number of nitrogen functional groups attached to an aromatic ring is 1. The second kappa shape index (κ2) is 13.5. The smallest absolute Gasteiger partial charge is 0.194 e. The van der Waals surface area contributed by atoms with Gasteiger partial charge in [0.25, 0.3) is 0 Å². The van der Waals surface area contributed by atoms with Gasteiger partial charge >= 0.3 is 0 Å². The molecule has 0 aliphatic heterocycles. The summed E-state index contributed by atoms with van der Waals surface area (Å²) in [6.07, 6.45) is 4.48. The molecule has 6 N–H and O–H groups in total. The zero-order chi connectivity index (χ0) is 24.1. The van der Waals surface area contributed by atoms with Crippen LogP contribution in [0.1, 0.15) is 12.5 Å². The first-order valence-electron chi connectivity index (χ1n) is 8.36. The molecular formula is C20H23F5N6. The molecule has 0 amide bonds. The Morgan fingerprint density at radius 2 is 1.58 bits per heavy atom. The van der Waals surface area contributed by atoms with Crippen LogP contribution in [0.4, 0.5) is 27.8 Å². The SMILES string of the molecule is C/C(F)=C/F.C=CC=C.CN(N)/C(=N\N)c1cc(-c2cc(F)c(F)c(F)c2)cnc1N. The van der Waals surface area contributed by atoms with E-state index in [1.165, 1.54) is 19.3 Å². The lowest BCUT2D eigenvalue weighted by Gasteiger charge is -2.16. The Balaban J connectivity index is 0.000000846. The summed E-state index contributed by atoms with van der Waals surface area (Å²) in [7, 11) is 1.48. The van der Waals surface area contributed by atoms with Gasteiger partial charge in [-0.05, 0) is 30.7 Å². The van der Waals surface area contributed by atoms with Crippen LogP contribution in [0.2, 0.25) is 0 Å². The van der Waals surface area contributed by atoms with E-state index < -0.39 is 23.3 Å². The summed E-state index contributed by atoms with van der Waals surface area (Å²) in [5, 5.41) is 4.61. The molecule has 0 atom stereocenters. The molecule has 0 aliphatic rings. The third-order valence-corrected chi connectivity index (χ3v) is 3.25. The lowest BCUT2D eigenvalue weighted by molar-refractivity contribution is 0.447. The van der Waals surface area contributed by atoms with Gasteiger partial charge in [0, 0.05) is 18.8 Å². The number of rotatable bonds is 3. The number of nitrogens with zero attached hydrogens (tertiary/aromatic N) is 3. The average Bonchev–Trinajstić information content (AvgIpc) is 2.73. The van der Waals surface area contributed by atoms with Crippen molar-refractivity contribution in [2.45, 2.75) is 6.92 Å². The summed E-state index contributed by atoms with van der Waals surface area (Å²) in [4.78, 5) is 3.91. The summed E-state index contributed by atoms with van der Waals surface area (Å²) in [5.41, 5.74) is 6.38. The van der Waals surface area contributed by atoms with Gasteiger partial charge in [0.05, 0.1) is 5.56 Å². The van der Waals surface area contributed by atoms with Crippen molar-refractivity contribution < 1.29 is 22.0 Å². The minimum Gasteiger partial charge on any atom is -0.383 e. The van der Waals surface area contributed by atoms with Gasteiger partial charge in [-0.3, -0.25) is 5.01 Å². The zero-order valence-electron chi connectivity index (χ0n) is 16.9. The largest absolute Gasteiger partial charge is 0.383 e. The summed E-state index contributed by atoms with van der Waals surface area (Å²) in [6, 6.07) is 3.14. The van der Waals surface area contributed by atoms with Gasteiger partial charge < -0.3 is 11.6 Å². The van der Waals surface area contributed by atoms with Crippen LogP contribution in [0.3, 0.4) is 0 Å². The van der Waals surface area contributed by atoms with Gasteiger partial charge in [-0.2, -0.15) is 5.10 Å². The van der Waals surface area contributed by atoms with E-state index >= 15 is 0 Å². The highest BCUT2D eigenvalue weighted by Crippen LogP contribution is 2.26. The topological polar surface area (TPSA) is 107 Å². The van der Waals surface area contributed by atoms with Gasteiger partial charge in [-0.25, -0.2) is 32.8 Å². The van der Waals surface area contributed by atoms with Crippen LogP contribution in [0.15, 0.2) is 67.0 Å². The maximum Gasteiger partial charge on any atom is 0.194 e. The number of allylic oxidation sites excluding steroid dienone is 3. The number of nitrogens with two attached hydrogens (primary N) is 3. The number of halogens is 5. The molecule has 2 aromatic rings. The van der Waals surface area contributed by atoms with Crippen molar-refractivity contribution in [2.75, 3.05) is 12.8 Å². The number of pyridine rings is 1. The van der Waals surface area contributed by atoms with Crippen molar-refractivity contribution in [3.63, 3.8) is 0 Å². The second-order valence-corrected chi connectivity index (χ2v) is 5.64. The van der Waals surface area contributed by atoms with Crippen LogP contribution in [0.5, 0.6) is 0 Å². The molecule has 0 aliphatic carbocycles. The van der Waals surface area contributed by atoms with E-state index in [0.29, 0.717) is 5.56 Å². The zero-order valence-corrected chi connectivity index (χ0v) is 16.9. The van der Waals surface area contributed by atoms with Gasteiger partial charge in [0.1, 0.15) is 18.0 Å². The summed E-state index contributed by atoms with van der Waals surface area (Å²) >= 11 is 0. The standard InChI is InChI=1S/C13H13F3N6.C4H6.C3H4F2/c1-22(19)13(21-18)8-2-7(5-20-12(8)17)6-3-9(14)11(16)10(15)4-6;1-3-4-2;1-3(5)2-4/h2-5H,18-19H2,1H3,(H2,17,20);3-4H,1-2H2;2H,1H3/b21-13-;;3-2-. The van der Waals surface area contributed by atoms with E-state index in [1.807, 2.05) is 0 Å². The Labute approximate surface area is 176 Å². The monoisotopic (exact) mass is 442 g/mol. The fourth-order valence-electron chi connectivity index (χ4n) is 1.89. The predicted molar refractivity (Wildman–Crippen MR) is 113 cm³/mol. The number of anilines is 1. The molecule has 168 valence electrons. The van der Waals surface area contributed by atoms with Crippen molar-refractivity contribution >= 4 is 11.7 Å². The molecule has 0 saturated carbocycles. The second-order valence-electron chi connectivity index (χ2n) is 5.64. The maximum atomic E-state index is 13.3. The van der Waals surface area contributed by atoms with Gasteiger partial charge in [0.2, 0.25) is 0 Å². The highest BCUT2D eigenvalue weighted by molar-refractivity contribution is 6.02. The van der Waals surface area contributed by atoms with Crippen LogP contribution >= 0.6 is 0 Å². The quantitative estimate of drug-likeness (QED) is 0.125. The first-order chi connectivity index (χ1) is 14.5.